The molecule has 4 rings (SSSR count). The van der Waals surface area contributed by atoms with E-state index in [1.54, 1.807) is 12.1 Å². The number of hydrogen-bond donors (Lipinski definition) is 1. The molecule has 3 heteroatoms. The van der Waals surface area contributed by atoms with Gasteiger partial charge in [0.15, 0.2) is 0 Å². The van der Waals surface area contributed by atoms with Gasteiger partial charge in [0.2, 0.25) is 0 Å². The van der Waals surface area contributed by atoms with E-state index in [0.29, 0.717) is 13.2 Å². The van der Waals surface area contributed by atoms with Gasteiger partial charge in [-0.3, -0.25) is 0 Å². The standard InChI is InChI=1S/C13H15FO2/c14-11-3-1-2-10(4-11)13-5-12(6-13,7-15)8-16-9-13/h1-4,15H,5-9H2. The maximum absolute atomic E-state index is 13.2. The summed E-state index contributed by atoms with van der Waals surface area (Å²) in [5, 5.41) is 9.35. The Kier molecular flexibility index (Phi) is 2.10. The molecule has 3 fully saturated rings. The van der Waals surface area contributed by atoms with Crippen molar-refractivity contribution in [3.05, 3.63) is 35.6 Å². The number of benzene rings is 1. The van der Waals surface area contributed by atoms with Crippen LogP contribution in [0.1, 0.15) is 18.4 Å². The molecule has 2 saturated heterocycles. The molecule has 0 spiro atoms. The van der Waals surface area contributed by atoms with Crippen LogP contribution < -0.4 is 0 Å². The number of hydrogen-bond acceptors (Lipinski definition) is 2. The zero-order chi connectivity index (χ0) is 11.2. The predicted molar refractivity (Wildman–Crippen MR) is 57.6 cm³/mol. The third-order valence-electron chi connectivity index (χ3n) is 3.99. The van der Waals surface area contributed by atoms with Crippen molar-refractivity contribution in [2.75, 3.05) is 19.8 Å². The van der Waals surface area contributed by atoms with E-state index in [4.69, 9.17) is 4.74 Å². The van der Waals surface area contributed by atoms with Crippen molar-refractivity contribution in [1.29, 1.82) is 0 Å². The summed E-state index contributed by atoms with van der Waals surface area (Å²) in [6, 6.07) is 6.75. The maximum Gasteiger partial charge on any atom is 0.123 e. The summed E-state index contributed by atoms with van der Waals surface area (Å²) in [5.41, 5.74) is 0.893. The second kappa shape index (κ2) is 3.28. The Labute approximate surface area is 94.0 Å². The Morgan fingerprint density at radius 3 is 2.81 bits per heavy atom. The topological polar surface area (TPSA) is 29.5 Å². The van der Waals surface area contributed by atoms with Gasteiger partial charge in [0.05, 0.1) is 19.8 Å². The summed E-state index contributed by atoms with van der Waals surface area (Å²) >= 11 is 0. The highest BCUT2D eigenvalue weighted by Crippen LogP contribution is 2.58. The Hall–Kier alpha value is -0.930. The highest BCUT2D eigenvalue weighted by Gasteiger charge is 2.58. The SMILES string of the molecule is OCC12COCC(c3cccc(F)c3)(C1)C2. The van der Waals surface area contributed by atoms with Crippen molar-refractivity contribution in [1.82, 2.24) is 0 Å². The fourth-order valence-corrected chi connectivity index (χ4v) is 3.31. The zero-order valence-electron chi connectivity index (χ0n) is 9.08. The summed E-state index contributed by atoms with van der Waals surface area (Å²) in [6.45, 7) is 1.46. The van der Waals surface area contributed by atoms with Crippen molar-refractivity contribution in [3.8, 4) is 0 Å². The minimum absolute atomic E-state index is 0.0525. The fraction of sp³-hybridized carbons (Fsp3) is 0.538. The first-order valence-electron chi connectivity index (χ1n) is 5.63. The first kappa shape index (κ1) is 10.2. The molecule has 0 amide bonds. The van der Waals surface area contributed by atoms with Gasteiger partial charge in [0, 0.05) is 10.8 Å². The van der Waals surface area contributed by atoms with Crippen LogP contribution in [0.15, 0.2) is 24.3 Å². The van der Waals surface area contributed by atoms with Crippen LogP contribution in [0.3, 0.4) is 0 Å². The molecule has 1 aliphatic carbocycles. The van der Waals surface area contributed by atoms with Crippen molar-refractivity contribution in [2.24, 2.45) is 5.41 Å². The van der Waals surface area contributed by atoms with E-state index in [2.05, 4.69) is 0 Å². The van der Waals surface area contributed by atoms with Gasteiger partial charge in [-0.1, -0.05) is 12.1 Å². The van der Waals surface area contributed by atoms with E-state index < -0.39 is 0 Å². The van der Waals surface area contributed by atoms with E-state index in [-0.39, 0.29) is 23.3 Å². The first-order chi connectivity index (χ1) is 7.68. The quantitative estimate of drug-likeness (QED) is 0.827. The number of aliphatic hydroxyl groups excluding tert-OH is 1. The van der Waals surface area contributed by atoms with E-state index >= 15 is 0 Å². The third kappa shape index (κ3) is 1.31. The second-order valence-corrected chi connectivity index (χ2v) is 5.30. The minimum Gasteiger partial charge on any atom is -0.396 e. The largest absolute Gasteiger partial charge is 0.396 e. The first-order valence-corrected chi connectivity index (χ1v) is 5.63. The number of aliphatic hydroxyl groups is 1. The highest BCUT2D eigenvalue weighted by atomic mass is 19.1. The molecule has 0 aromatic heterocycles. The van der Waals surface area contributed by atoms with Gasteiger partial charge in [0.25, 0.3) is 0 Å². The van der Waals surface area contributed by atoms with Crippen LogP contribution in [0.25, 0.3) is 0 Å². The second-order valence-electron chi connectivity index (χ2n) is 5.30. The van der Waals surface area contributed by atoms with Crippen molar-refractivity contribution >= 4 is 0 Å². The molecule has 1 aromatic carbocycles. The van der Waals surface area contributed by atoms with Gasteiger partial charge in [-0.15, -0.1) is 0 Å². The molecule has 3 aliphatic rings. The minimum atomic E-state index is -0.195. The van der Waals surface area contributed by atoms with Gasteiger partial charge in [-0.25, -0.2) is 4.39 Å². The summed E-state index contributed by atoms with van der Waals surface area (Å²) in [4.78, 5) is 0. The number of ether oxygens (including phenoxy) is 1. The molecule has 1 aromatic rings. The average molecular weight is 222 g/mol. The summed E-state index contributed by atoms with van der Waals surface area (Å²) in [6.07, 6.45) is 1.83. The van der Waals surface area contributed by atoms with Crippen LogP contribution in [0.4, 0.5) is 4.39 Å². The van der Waals surface area contributed by atoms with Crippen molar-refractivity contribution in [2.45, 2.75) is 18.3 Å². The maximum atomic E-state index is 13.2. The zero-order valence-corrected chi connectivity index (χ0v) is 9.08. The lowest BCUT2D eigenvalue weighted by atomic mass is 9.50. The van der Waals surface area contributed by atoms with Crippen LogP contribution in [0, 0.1) is 11.2 Å². The molecular formula is C13H15FO2. The molecule has 2 bridgehead atoms. The van der Waals surface area contributed by atoms with E-state index in [1.165, 1.54) is 6.07 Å². The smallest absolute Gasteiger partial charge is 0.123 e. The molecule has 0 unspecified atom stereocenters. The highest BCUT2D eigenvalue weighted by molar-refractivity contribution is 5.32. The Morgan fingerprint density at radius 2 is 2.12 bits per heavy atom. The van der Waals surface area contributed by atoms with Crippen LogP contribution >= 0.6 is 0 Å². The molecule has 2 aliphatic heterocycles. The molecule has 1 saturated carbocycles. The number of fused-ring (bicyclic) bond motifs is 2. The molecular weight excluding hydrogens is 207 g/mol. The van der Waals surface area contributed by atoms with E-state index in [1.807, 2.05) is 6.07 Å². The Morgan fingerprint density at radius 1 is 1.31 bits per heavy atom. The lowest BCUT2D eigenvalue weighted by molar-refractivity contribution is -0.170. The lowest BCUT2D eigenvalue weighted by Gasteiger charge is -2.59. The van der Waals surface area contributed by atoms with Crippen molar-refractivity contribution < 1.29 is 14.2 Å². The normalized spacial score (nSPS) is 36.9. The third-order valence-corrected chi connectivity index (χ3v) is 3.99. The van der Waals surface area contributed by atoms with Crippen LogP contribution in [0.5, 0.6) is 0 Å². The number of halogens is 1. The summed E-state index contributed by atoms with van der Waals surface area (Å²) in [5.74, 6) is -0.195. The predicted octanol–water partition coefficient (Wildman–Crippen LogP) is 1.87. The monoisotopic (exact) mass is 222 g/mol. The van der Waals surface area contributed by atoms with Crippen LogP contribution in [-0.4, -0.2) is 24.9 Å². The molecule has 2 heterocycles. The van der Waals surface area contributed by atoms with Gasteiger partial charge in [-0.05, 0) is 30.5 Å². The Bertz CT molecular complexity index is 410. The summed E-state index contributed by atoms with van der Waals surface area (Å²) < 4.78 is 18.7. The fourth-order valence-electron chi connectivity index (χ4n) is 3.31. The molecule has 0 radical (unpaired) electrons. The molecule has 0 atom stereocenters. The van der Waals surface area contributed by atoms with Gasteiger partial charge >= 0.3 is 0 Å². The van der Waals surface area contributed by atoms with Crippen LogP contribution in [-0.2, 0) is 10.2 Å². The molecule has 2 nitrogen and oxygen atoms in total. The van der Waals surface area contributed by atoms with Crippen molar-refractivity contribution in [3.63, 3.8) is 0 Å². The number of rotatable bonds is 2. The summed E-state index contributed by atoms with van der Waals surface area (Å²) in [7, 11) is 0. The van der Waals surface area contributed by atoms with Gasteiger partial charge < -0.3 is 9.84 Å². The van der Waals surface area contributed by atoms with E-state index in [9.17, 15) is 9.50 Å². The van der Waals surface area contributed by atoms with E-state index in [0.717, 1.165) is 18.4 Å². The van der Waals surface area contributed by atoms with Crippen LogP contribution in [0.2, 0.25) is 0 Å². The van der Waals surface area contributed by atoms with Gasteiger partial charge in [-0.2, -0.15) is 0 Å². The molecule has 1 N–H and O–H groups in total. The average Bonchev–Trinajstić information content (AvgIpc) is 2.28. The molecule has 86 valence electrons. The molecule has 16 heavy (non-hydrogen) atoms. The Balaban J connectivity index is 1.91. The lowest BCUT2D eigenvalue weighted by Crippen LogP contribution is -2.60. The van der Waals surface area contributed by atoms with Gasteiger partial charge in [0.1, 0.15) is 5.82 Å².